The monoisotopic (exact) mass is 162 g/mol. The van der Waals surface area contributed by atoms with E-state index in [9.17, 15) is 9.59 Å². The Hall–Kier alpha value is -1.22. The van der Waals surface area contributed by atoms with Crippen LogP contribution >= 0.6 is 0 Å². The Morgan fingerprint density at radius 1 is 1.33 bits per heavy atom. The summed E-state index contributed by atoms with van der Waals surface area (Å²) in [5.74, 6) is -0.233. The Morgan fingerprint density at radius 3 is 2.67 bits per heavy atom. The summed E-state index contributed by atoms with van der Waals surface area (Å²) >= 11 is 0. The first kappa shape index (κ1) is 6.31. The van der Waals surface area contributed by atoms with Crippen LogP contribution in [0.25, 0.3) is 0 Å². The van der Waals surface area contributed by atoms with Crippen molar-refractivity contribution in [2.75, 3.05) is 6.61 Å². The molecule has 3 aliphatic rings. The van der Waals surface area contributed by atoms with Crippen molar-refractivity contribution in [2.45, 2.75) is 12.0 Å². The fourth-order valence-corrected chi connectivity index (χ4v) is 1.83. The van der Waals surface area contributed by atoms with Gasteiger partial charge in [-0.3, -0.25) is 9.59 Å². The average molecular weight is 162 g/mol. The summed E-state index contributed by atoms with van der Waals surface area (Å²) in [6.45, 7) is 0.283. The highest BCUT2D eigenvalue weighted by atomic mass is 16.6. The first-order valence-corrected chi connectivity index (χ1v) is 3.89. The number of ether oxygens (including phenoxy) is 1. The van der Waals surface area contributed by atoms with Crippen molar-refractivity contribution in [3.8, 4) is 0 Å². The van der Waals surface area contributed by atoms with Crippen molar-refractivity contribution in [3.05, 3.63) is 23.3 Å². The van der Waals surface area contributed by atoms with Gasteiger partial charge in [0.15, 0.2) is 0 Å². The predicted octanol–water partition coefficient (Wildman–Crippen LogP) is 0.164. The zero-order valence-corrected chi connectivity index (χ0v) is 6.29. The van der Waals surface area contributed by atoms with Crippen molar-refractivity contribution in [1.82, 2.24) is 0 Å². The largest absolute Gasteiger partial charge is 0.353 e. The van der Waals surface area contributed by atoms with Gasteiger partial charge in [0.1, 0.15) is 0 Å². The van der Waals surface area contributed by atoms with Crippen molar-refractivity contribution in [3.63, 3.8) is 0 Å². The summed E-state index contributed by atoms with van der Waals surface area (Å²) in [6, 6.07) is 0. The van der Waals surface area contributed by atoms with Crippen LogP contribution in [-0.4, -0.2) is 23.8 Å². The van der Waals surface area contributed by atoms with Crippen molar-refractivity contribution >= 4 is 11.6 Å². The lowest BCUT2D eigenvalue weighted by Gasteiger charge is -1.98. The second-order valence-electron chi connectivity index (χ2n) is 3.27. The maximum Gasteiger partial charge on any atom is 0.216 e. The lowest BCUT2D eigenvalue weighted by atomic mass is 10.0. The Kier molecular flexibility index (Phi) is 0.836. The van der Waals surface area contributed by atoms with E-state index in [1.165, 1.54) is 0 Å². The van der Waals surface area contributed by atoms with E-state index in [-0.39, 0.29) is 18.2 Å². The molecule has 3 rings (SSSR count). The summed E-state index contributed by atoms with van der Waals surface area (Å²) in [5.41, 5.74) is 0.185. The molecule has 2 aliphatic carbocycles. The summed E-state index contributed by atoms with van der Waals surface area (Å²) in [4.78, 5) is 23.1. The van der Waals surface area contributed by atoms with Gasteiger partial charge in [0, 0.05) is 11.1 Å². The van der Waals surface area contributed by atoms with E-state index in [1.54, 1.807) is 6.08 Å². The SMILES string of the molecule is O=C1C2=C(CC=C2)C(=O)C12CO2. The van der Waals surface area contributed by atoms with Gasteiger partial charge in [-0.1, -0.05) is 12.2 Å². The third-order valence-corrected chi connectivity index (χ3v) is 2.62. The van der Waals surface area contributed by atoms with Crippen LogP contribution in [0, 0.1) is 0 Å². The van der Waals surface area contributed by atoms with Crippen LogP contribution in [0.3, 0.4) is 0 Å². The Labute approximate surface area is 68.7 Å². The van der Waals surface area contributed by atoms with E-state index in [0.29, 0.717) is 17.6 Å². The van der Waals surface area contributed by atoms with E-state index in [0.717, 1.165) is 0 Å². The van der Waals surface area contributed by atoms with Gasteiger partial charge in [-0.2, -0.15) is 0 Å². The van der Waals surface area contributed by atoms with Gasteiger partial charge in [-0.15, -0.1) is 0 Å². The predicted molar refractivity (Wildman–Crippen MR) is 39.5 cm³/mol. The average Bonchev–Trinajstić information content (AvgIpc) is 2.69. The standard InChI is InChI=1S/C9H6O3/c10-7-5-2-1-3-6(5)8(11)9(7)4-12-9/h1-2H,3-4H2. The van der Waals surface area contributed by atoms with Crippen LogP contribution in [0.1, 0.15) is 6.42 Å². The van der Waals surface area contributed by atoms with Gasteiger partial charge in [0.05, 0.1) is 6.61 Å². The van der Waals surface area contributed by atoms with Crippen molar-refractivity contribution < 1.29 is 14.3 Å². The van der Waals surface area contributed by atoms with Crippen LogP contribution in [-0.2, 0) is 14.3 Å². The molecular weight excluding hydrogens is 156 g/mol. The zero-order valence-electron chi connectivity index (χ0n) is 6.29. The summed E-state index contributed by atoms with van der Waals surface area (Å²) in [5, 5.41) is 0. The maximum absolute atomic E-state index is 11.5. The molecule has 1 heterocycles. The van der Waals surface area contributed by atoms with Crippen LogP contribution in [0.5, 0.6) is 0 Å². The van der Waals surface area contributed by atoms with Crippen LogP contribution < -0.4 is 0 Å². The van der Waals surface area contributed by atoms with Gasteiger partial charge in [0.2, 0.25) is 17.2 Å². The molecule has 0 bridgehead atoms. The van der Waals surface area contributed by atoms with Crippen molar-refractivity contribution in [2.24, 2.45) is 0 Å². The molecule has 3 nitrogen and oxygen atoms in total. The first-order chi connectivity index (χ1) is 5.76. The van der Waals surface area contributed by atoms with E-state index in [2.05, 4.69) is 0 Å². The Morgan fingerprint density at radius 2 is 2.08 bits per heavy atom. The summed E-state index contributed by atoms with van der Waals surface area (Å²) < 4.78 is 4.94. The smallest absolute Gasteiger partial charge is 0.216 e. The lowest BCUT2D eigenvalue weighted by molar-refractivity contribution is -0.128. The zero-order chi connectivity index (χ0) is 8.34. The van der Waals surface area contributed by atoms with Gasteiger partial charge in [-0.05, 0) is 6.42 Å². The van der Waals surface area contributed by atoms with E-state index >= 15 is 0 Å². The minimum atomic E-state index is -1.05. The maximum atomic E-state index is 11.5. The van der Waals surface area contributed by atoms with Gasteiger partial charge in [-0.25, -0.2) is 0 Å². The van der Waals surface area contributed by atoms with Gasteiger partial charge < -0.3 is 4.74 Å². The number of carbonyl (C=O) groups excluding carboxylic acids is 2. The molecule has 1 atom stereocenters. The number of carbonyl (C=O) groups is 2. The number of rotatable bonds is 0. The number of ketones is 2. The molecule has 1 fully saturated rings. The Bertz CT molecular complexity index is 369. The van der Waals surface area contributed by atoms with Gasteiger partial charge >= 0.3 is 0 Å². The van der Waals surface area contributed by atoms with E-state index in [1.807, 2.05) is 6.08 Å². The second-order valence-corrected chi connectivity index (χ2v) is 3.27. The fourth-order valence-electron chi connectivity index (χ4n) is 1.83. The minimum absolute atomic E-state index is 0.104. The van der Waals surface area contributed by atoms with Crippen LogP contribution in [0.2, 0.25) is 0 Å². The third kappa shape index (κ3) is 0.466. The molecule has 0 aromatic rings. The highest BCUT2D eigenvalue weighted by Gasteiger charge is 2.64. The topological polar surface area (TPSA) is 46.7 Å². The highest BCUT2D eigenvalue weighted by Crippen LogP contribution is 2.44. The molecule has 1 aliphatic heterocycles. The first-order valence-electron chi connectivity index (χ1n) is 3.89. The van der Waals surface area contributed by atoms with Crippen molar-refractivity contribution in [1.29, 1.82) is 0 Å². The molecule has 0 saturated carbocycles. The van der Waals surface area contributed by atoms with Crippen LogP contribution in [0.4, 0.5) is 0 Å². The molecule has 1 unspecified atom stereocenters. The normalized spacial score (nSPS) is 37.0. The molecule has 0 aromatic carbocycles. The summed E-state index contributed by atoms with van der Waals surface area (Å²) in [7, 11) is 0. The third-order valence-electron chi connectivity index (χ3n) is 2.62. The molecular formula is C9H6O3. The lowest BCUT2D eigenvalue weighted by Crippen LogP contribution is -2.28. The molecule has 0 aromatic heterocycles. The number of hydrogen-bond acceptors (Lipinski definition) is 3. The highest BCUT2D eigenvalue weighted by molar-refractivity contribution is 6.33. The van der Waals surface area contributed by atoms with Gasteiger partial charge in [0.25, 0.3) is 0 Å². The fraction of sp³-hybridized carbons (Fsp3) is 0.333. The number of allylic oxidation sites excluding steroid dienone is 2. The quantitative estimate of drug-likeness (QED) is 0.376. The Balaban J connectivity index is 2.19. The molecule has 60 valence electrons. The molecule has 1 saturated heterocycles. The molecule has 1 spiro atoms. The second kappa shape index (κ2) is 1.59. The molecule has 12 heavy (non-hydrogen) atoms. The number of Topliss-reactive ketones (excluding diaryl/α,β-unsaturated/α-hetero) is 2. The molecule has 0 N–H and O–H groups in total. The minimum Gasteiger partial charge on any atom is -0.353 e. The van der Waals surface area contributed by atoms with Crippen LogP contribution in [0.15, 0.2) is 23.3 Å². The number of epoxide rings is 1. The van der Waals surface area contributed by atoms with E-state index in [4.69, 9.17) is 4.74 Å². The van der Waals surface area contributed by atoms with E-state index < -0.39 is 5.60 Å². The molecule has 0 amide bonds. The number of hydrogen-bond donors (Lipinski definition) is 0. The summed E-state index contributed by atoms with van der Waals surface area (Å²) in [6.07, 6.45) is 4.17. The molecule has 0 radical (unpaired) electrons. The molecule has 3 heteroatoms.